The number of carbonyl (C=O) groups is 1. The van der Waals surface area contributed by atoms with Gasteiger partial charge < -0.3 is 9.47 Å². The average Bonchev–Trinajstić information content (AvgIpc) is 3.14. The lowest BCUT2D eigenvalue weighted by molar-refractivity contribution is 0.0857. The van der Waals surface area contributed by atoms with E-state index < -0.39 is 0 Å². The van der Waals surface area contributed by atoms with E-state index in [1.165, 1.54) is 18.9 Å². The van der Waals surface area contributed by atoms with Crippen LogP contribution in [0.2, 0.25) is 10.0 Å². The molecule has 142 valence electrons. The minimum Gasteiger partial charge on any atom is -0.497 e. The third-order valence-electron chi connectivity index (χ3n) is 4.06. The van der Waals surface area contributed by atoms with Gasteiger partial charge >= 0.3 is 0 Å². The van der Waals surface area contributed by atoms with Gasteiger partial charge in [-0.25, -0.2) is 0 Å². The third kappa shape index (κ3) is 4.51. The Morgan fingerprint density at radius 2 is 2.00 bits per heavy atom. The van der Waals surface area contributed by atoms with Crippen molar-refractivity contribution in [1.29, 1.82) is 0 Å². The van der Waals surface area contributed by atoms with E-state index in [1.807, 2.05) is 6.07 Å². The first-order chi connectivity index (χ1) is 13.0. The molecule has 0 bridgehead atoms. The molecule has 8 heteroatoms. The number of methoxy groups -OCH3 is 2. The molecule has 27 heavy (non-hydrogen) atoms. The van der Waals surface area contributed by atoms with E-state index in [0.29, 0.717) is 51.1 Å². The molecule has 0 aromatic heterocycles. The van der Waals surface area contributed by atoms with Crippen LogP contribution in [0.15, 0.2) is 41.4 Å². The Labute approximate surface area is 172 Å². The highest BCUT2D eigenvalue weighted by atomic mass is 35.5. The van der Waals surface area contributed by atoms with Crippen molar-refractivity contribution in [2.45, 2.75) is 5.75 Å². The van der Waals surface area contributed by atoms with E-state index in [2.05, 4.69) is 4.99 Å². The van der Waals surface area contributed by atoms with Crippen LogP contribution in [0, 0.1) is 0 Å². The summed E-state index contributed by atoms with van der Waals surface area (Å²) in [4.78, 5) is 19.2. The number of nitrogens with zero attached hydrogens (tertiary/aromatic N) is 2. The van der Waals surface area contributed by atoms with Crippen molar-refractivity contribution in [2.75, 3.05) is 27.3 Å². The Morgan fingerprint density at radius 3 is 2.70 bits per heavy atom. The van der Waals surface area contributed by atoms with Gasteiger partial charge in [-0.15, -0.1) is 0 Å². The lowest BCUT2D eigenvalue weighted by atomic mass is 10.1. The maximum absolute atomic E-state index is 13.0. The molecule has 0 saturated heterocycles. The molecule has 0 saturated carbocycles. The number of aliphatic imine (C=N–C) groups is 1. The molecular formula is C19H18Cl2N2O3S. The average molecular weight is 425 g/mol. The molecule has 0 spiro atoms. The van der Waals surface area contributed by atoms with Gasteiger partial charge in [0.05, 0.1) is 26.3 Å². The van der Waals surface area contributed by atoms with Crippen molar-refractivity contribution in [2.24, 2.45) is 4.99 Å². The molecule has 0 unspecified atom stereocenters. The van der Waals surface area contributed by atoms with Gasteiger partial charge in [0.15, 0.2) is 5.17 Å². The van der Waals surface area contributed by atoms with E-state index >= 15 is 0 Å². The minimum atomic E-state index is -0.152. The van der Waals surface area contributed by atoms with E-state index in [4.69, 9.17) is 32.7 Å². The quantitative estimate of drug-likeness (QED) is 0.694. The zero-order valence-electron chi connectivity index (χ0n) is 14.9. The van der Waals surface area contributed by atoms with Crippen LogP contribution in [0.1, 0.15) is 15.9 Å². The highest BCUT2D eigenvalue weighted by molar-refractivity contribution is 8.13. The van der Waals surface area contributed by atoms with Gasteiger partial charge in [0, 0.05) is 28.4 Å². The zero-order chi connectivity index (χ0) is 19.4. The summed E-state index contributed by atoms with van der Waals surface area (Å²) in [5, 5.41) is 1.86. The highest BCUT2D eigenvalue weighted by Gasteiger charge is 2.27. The highest BCUT2D eigenvalue weighted by Crippen LogP contribution is 2.30. The van der Waals surface area contributed by atoms with Crippen LogP contribution in [0.25, 0.3) is 0 Å². The van der Waals surface area contributed by atoms with Gasteiger partial charge in [0.25, 0.3) is 5.91 Å². The number of thioether (sulfide) groups is 1. The van der Waals surface area contributed by atoms with E-state index in [9.17, 15) is 4.79 Å². The summed E-state index contributed by atoms with van der Waals surface area (Å²) in [6.07, 6.45) is 0. The summed E-state index contributed by atoms with van der Waals surface area (Å²) in [5.74, 6) is 1.54. The number of halogens is 2. The lowest BCUT2D eigenvalue weighted by Crippen LogP contribution is -2.33. The summed E-state index contributed by atoms with van der Waals surface area (Å²) in [7, 11) is 3.10. The van der Waals surface area contributed by atoms with Gasteiger partial charge in [-0.3, -0.25) is 14.7 Å². The number of hydrogen-bond acceptors (Lipinski definition) is 5. The number of benzene rings is 2. The van der Waals surface area contributed by atoms with E-state index in [1.54, 1.807) is 42.3 Å². The predicted octanol–water partition coefficient (Wildman–Crippen LogP) is 4.76. The van der Waals surface area contributed by atoms with Crippen molar-refractivity contribution in [1.82, 2.24) is 4.90 Å². The van der Waals surface area contributed by atoms with Gasteiger partial charge in [-0.2, -0.15) is 0 Å². The van der Waals surface area contributed by atoms with Gasteiger partial charge in [-0.1, -0.05) is 41.0 Å². The van der Waals surface area contributed by atoms with Crippen LogP contribution in [0.3, 0.4) is 0 Å². The lowest BCUT2D eigenvalue weighted by Gasteiger charge is -2.19. The van der Waals surface area contributed by atoms with Crippen molar-refractivity contribution >= 4 is 46.0 Å². The topological polar surface area (TPSA) is 51.1 Å². The standard InChI is InChI=1S/C19H18Cl2N2O3S/c1-25-14-5-6-15(17(10-14)26-2)18(24)23-8-7-22-19(23)27-11-12-3-4-13(20)9-16(12)21/h3-6,9-10H,7-8,11H2,1-2H3. The summed E-state index contributed by atoms with van der Waals surface area (Å²) < 4.78 is 10.5. The third-order valence-corrected chi connectivity index (χ3v) is 5.71. The smallest absolute Gasteiger partial charge is 0.263 e. The molecule has 1 aliphatic rings. The molecule has 2 aromatic carbocycles. The monoisotopic (exact) mass is 424 g/mol. The molecule has 1 amide bonds. The molecule has 0 N–H and O–H groups in total. The molecular weight excluding hydrogens is 407 g/mol. The molecule has 2 aromatic rings. The normalized spacial score (nSPS) is 13.5. The van der Waals surface area contributed by atoms with Crippen LogP contribution in [0.4, 0.5) is 0 Å². The molecule has 1 heterocycles. The van der Waals surface area contributed by atoms with Crippen LogP contribution < -0.4 is 9.47 Å². The summed E-state index contributed by atoms with van der Waals surface area (Å²) >= 11 is 13.6. The van der Waals surface area contributed by atoms with Gasteiger partial charge in [0.2, 0.25) is 0 Å². The first-order valence-corrected chi connectivity index (χ1v) is 9.92. The van der Waals surface area contributed by atoms with Crippen molar-refractivity contribution in [3.8, 4) is 11.5 Å². The second kappa shape index (κ2) is 8.87. The largest absolute Gasteiger partial charge is 0.497 e. The molecule has 0 atom stereocenters. The molecule has 0 fully saturated rings. The zero-order valence-corrected chi connectivity index (χ0v) is 17.2. The number of carbonyl (C=O) groups excluding carboxylic acids is 1. The number of amides is 1. The Kier molecular flexibility index (Phi) is 6.52. The SMILES string of the molecule is COc1ccc(C(=O)N2CCN=C2SCc2ccc(Cl)cc2Cl)c(OC)c1. The predicted molar refractivity (Wildman–Crippen MR) is 111 cm³/mol. The number of hydrogen-bond donors (Lipinski definition) is 0. The Morgan fingerprint density at radius 1 is 1.19 bits per heavy atom. The van der Waals surface area contributed by atoms with Gasteiger partial charge in [0.1, 0.15) is 11.5 Å². The fourth-order valence-electron chi connectivity index (χ4n) is 2.64. The number of amidine groups is 1. The van der Waals surface area contributed by atoms with Crippen molar-refractivity contribution in [3.05, 3.63) is 57.6 Å². The molecule has 5 nitrogen and oxygen atoms in total. The van der Waals surface area contributed by atoms with Gasteiger partial charge in [-0.05, 0) is 29.8 Å². The molecule has 0 aliphatic carbocycles. The second-order valence-electron chi connectivity index (χ2n) is 5.71. The first kappa shape index (κ1) is 19.9. The fourth-order valence-corrected chi connectivity index (χ4v) is 4.24. The van der Waals surface area contributed by atoms with Crippen molar-refractivity contribution < 1.29 is 14.3 Å². The number of ether oxygens (including phenoxy) is 2. The Balaban J connectivity index is 1.75. The molecule has 0 radical (unpaired) electrons. The summed E-state index contributed by atoms with van der Waals surface area (Å²) in [6, 6.07) is 10.5. The van der Waals surface area contributed by atoms with E-state index in [-0.39, 0.29) is 5.91 Å². The fraction of sp³-hybridized carbons (Fsp3) is 0.263. The maximum atomic E-state index is 13.0. The minimum absolute atomic E-state index is 0.152. The van der Waals surface area contributed by atoms with Crippen LogP contribution >= 0.6 is 35.0 Å². The maximum Gasteiger partial charge on any atom is 0.263 e. The first-order valence-electron chi connectivity index (χ1n) is 8.18. The van der Waals surface area contributed by atoms with Crippen molar-refractivity contribution in [3.63, 3.8) is 0 Å². The van der Waals surface area contributed by atoms with Crippen LogP contribution in [-0.4, -0.2) is 43.3 Å². The molecule has 1 aliphatic heterocycles. The molecule has 3 rings (SSSR count). The van der Waals surface area contributed by atoms with Crippen LogP contribution in [-0.2, 0) is 5.75 Å². The Bertz CT molecular complexity index is 889. The summed E-state index contributed by atoms with van der Waals surface area (Å²) in [5.41, 5.74) is 1.41. The Hall–Kier alpha value is -1.89. The number of rotatable bonds is 5. The van der Waals surface area contributed by atoms with Crippen LogP contribution in [0.5, 0.6) is 11.5 Å². The van der Waals surface area contributed by atoms with E-state index in [0.717, 1.165) is 5.56 Å². The summed E-state index contributed by atoms with van der Waals surface area (Å²) in [6.45, 7) is 1.10. The second-order valence-corrected chi connectivity index (χ2v) is 7.50.